The maximum absolute atomic E-state index is 14.6. The Labute approximate surface area is 235 Å². The third-order valence-corrected chi connectivity index (χ3v) is 12.7. The van der Waals surface area contributed by atoms with Crippen LogP contribution in [0.15, 0.2) is 83.3 Å². The van der Waals surface area contributed by atoms with Gasteiger partial charge in [0, 0.05) is 6.54 Å². The fraction of sp³-hybridized carbons (Fsp3) is 0.387. The third kappa shape index (κ3) is 5.90. The highest BCUT2D eigenvalue weighted by atomic mass is 79.9. The molecule has 4 rings (SSSR count). The Kier molecular flexibility index (Phi) is 8.22. The number of rotatable bonds is 5. The van der Waals surface area contributed by atoms with Crippen LogP contribution in [0.4, 0.5) is 9.18 Å². The van der Waals surface area contributed by atoms with E-state index in [-0.39, 0.29) is 23.0 Å². The third-order valence-electron chi connectivity index (χ3n) is 6.98. The van der Waals surface area contributed by atoms with Crippen molar-refractivity contribution in [2.45, 2.75) is 70.7 Å². The van der Waals surface area contributed by atoms with Crippen LogP contribution in [0.5, 0.6) is 0 Å². The first-order valence-electron chi connectivity index (χ1n) is 13.1. The van der Waals surface area contributed by atoms with Gasteiger partial charge in [-0.15, -0.1) is 0 Å². The molecule has 1 aliphatic heterocycles. The number of benzene rings is 3. The maximum atomic E-state index is 14.6. The van der Waals surface area contributed by atoms with Gasteiger partial charge in [-0.3, -0.25) is 4.90 Å². The molecular weight excluding hydrogens is 561 g/mol. The molecule has 0 saturated carbocycles. The highest BCUT2D eigenvalue weighted by Crippen LogP contribution is 2.42. The Hall–Kier alpha value is -2.48. The molecule has 0 spiro atoms. The molecule has 1 aliphatic rings. The SMILES string of the molecule is CC(C)(C)OC(=O)N1C[C@@H](O[Si](c2ccccc2)(c2ccccc2)C(C)(C)C)C[C@@H]1c1ccc(Br)c(F)c1. The molecule has 0 unspecified atom stereocenters. The Balaban J connectivity index is 1.78. The summed E-state index contributed by atoms with van der Waals surface area (Å²) in [7, 11) is -2.84. The van der Waals surface area contributed by atoms with E-state index in [0.29, 0.717) is 17.4 Å². The molecule has 3 aromatic rings. The standard InChI is InChI=1S/C31H37BrFNO3Si/c1-30(2,3)36-29(35)34-21-23(20-28(34)22-17-18-26(32)27(33)19-22)37-38(31(4,5)6,24-13-9-7-10-14-24)25-15-11-8-12-16-25/h7-19,23,28H,20-21H2,1-6H3/t23-,28+/m0/s1. The normalized spacial score (nSPS) is 18.5. The summed E-state index contributed by atoms with van der Waals surface area (Å²) in [5, 5.41) is 2.16. The fourth-order valence-electron chi connectivity index (χ4n) is 5.38. The Morgan fingerprint density at radius 1 is 0.921 bits per heavy atom. The molecule has 1 saturated heterocycles. The van der Waals surface area contributed by atoms with Gasteiger partial charge in [0.15, 0.2) is 0 Å². The molecule has 1 amide bonds. The van der Waals surface area contributed by atoms with Crippen molar-refractivity contribution in [1.29, 1.82) is 0 Å². The van der Waals surface area contributed by atoms with Gasteiger partial charge >= 0.3 is 6.09 Å². The second-order valence-electron chi connectivity index (χ2n) is 12.0. The minimum atomic E-state index is -2.84. The number of hydrogen-bond acceptors (Lipinski definition) is 3. The summed E-state index contributed by atoms with van der Waals surface area (Å²) in [4.78, 5) is 15.1. The first kappa shape index (κ1) is 28.5. The molecule has 1 fully saturated rings. The van der Waals surface area contributed by atoms with Gasteiger partial charge in [0.2, 0.25) is 0 Å². The Morgan fingerprint density at radius 2 is 1.47 bits per heavy atom. The molecule has 2 atom stereocenters. The van der Waals surface area contributed by atoms with Crippen LogP contribution in [-0.2, 0) is 9.16 Å². The molecule has 4 nitrogen and oxygen atoms in total. The first-order chi connectivity index (χ1) is 17.8. The fourth-order valence-corrected chi connectivity index (χ4v) is 10.3. The first-order valence-corrected chi connectivity index (χ1v) is 15.8. The van der Waals surface area contributed by atoms with Gasteiger partial charge in [-0.1, -0.05) is 87.5 Å². The lowest BCUT2D eigenvalue weighted by Gasteiger charge is -2.44. The van der Waals surface area contributed by atoms with E-state index in [2.05, 4.69) is 85.2 Å². The van der Waals surface area contributed by atoms with Crippen molar-refractivity contribution in [3.8, 4) is 0 Å². The second-order valence-corrected chi connectivity index (χ2v) is 17.1. The minimum absolute atomic E-state index is 0.200. The summed E-state index contributed by atoms with van der Waals surface area (Å²) in [6.07, 6.45) is -0.130. The molecule has 0 aliphatic carbocycles. The van der Waals surface area contributed by atoms with Crippen molar-refractivity contribution in [2.75, 3.05) is 6.54 Å². The van der Waals surface area contributed by atoms with E-state index >= 15 is 0 Å². The number of carbonyl (C=O) groups excluding carboxylic acids is 1. The van der Waals surface area contributed by atoms with Crippen LogP contribution in [0.3, 0.4) is 0 Å². The van der Waals surface area contributed by atoms with Crippen LogP contribution >= 0.6 is 15.9 Å². The van der Waals surface area contributed by atoms with E-state index in [0.717, 1.165) is 5.56 Å². The average Bonchev–Trinajstić information content (AvgIpc) is 3.27. The predicted octanol–water partition coefficient (Wildman–Crippen LogP) is 7.22. The molecule has 1 heterocycles. The van der Waals surface area contributed by atoms with Crippen LogP contribution in [0.25, 0.3) is 0 Å². The summed E-state index contributed by atoms with van der Waals surface area (Å²) < 4.78 is 28.1. The lowest BCUT2D eigenvalue weighted by atomic mass is 10.0. The summed E-state index contributed by atoms with van der Waals surface area (Å²) in [5.74, 6) is -0.358. The molecule has 0 bridgehead atoms. The number of carbonyl (C=O) groups is 1. The molecule has 0 aromatic heterocycles. The number of nitrogens with zero attached hydrogens (tertiary/aromatic N) is 1. The Bertz CT molecular complexity index is 1220. The monoisotopic (exact) mass is 597 g/mol. The molecule has 38 heavy (non-hydrogen) atoms. The molecule has 3 aromatic carbocycles. The Morgan fingerprint density at radius 3 is 1.95 bits per heavy atom. The van der Waals surface area contributed by atoms with Gasteiger partial charge in [-0.05, 0) is 76.2 Å². The van der Waals surface area contributed by atoms with Gasteiger partial charge in [-0.2, -0.15) is 0 Å². The van der Waals surface area contributed by atoms with Crippen LogP contribution < -0.4 is 10.4 Å². The minimum Gasteiger partial charge on any atom is -0.444 e. The van der Waals surface area contributed by atoms with Crippen LogP contribution in [0.1, 0.15) is 59.6 Å². The van der Waals surface area contributed by atoms with Gasteiger partial charge in [-0.25, -0.2) is 9.18 Å². The van der Waals surface area contributed by atoms with Crippen molar-refractivity contribution in [3.05, 3.63) is 94.7 Å². The lowest BCUT2D eigenvalue weighted by molar-refractivity contribution is 0.0209. The van der Waals surface area contributed by atoms with Crippen LogP contribution in [-0.4, -0.2) is 37.6 Å². The zero-order chi connectivity index (χ0) is 27.7. The number of amides is 1. The van der Waals surface area contributed by atoms with E-state index in [4.69, 9.17) is 9.16 Å². The summed E-state index contributed by atoms with van der Waals surface area (Å²) in [6, 6.07) is 25.6. The van der Waals surface area contributed by atoms with Crippen LogP contribution in [0, 0.1) is 5.82 Å². The number of halogens is 2. The lowest BCUT2D eigenvalue weighted by Crippen LogP contribution is -2.67. The van der Waals surface area contributed by atoms with Gasteiger partial charge < -0.3 is 9.16 Å². The maximum Gasteiger partial charge on any atom is 0.410 e. The van der Waals surface area contributed by atoms with Gasteiger partial charge in [0.1, 0.15) is 11.4 Å². The quantitative estimate of drug-likeness (QED) is 0.291. The molecule has 7 heteroatoms. The highest BCUT2D eigenvalue weighted by molar-refractivity contribution is 9.10. The van der Waals surface area contributed by atoms with Crippen molar-refractivity contribution in [2.24, 2.45) is 0 Å². The van der Waals surface area contributed by atoms with E-state index in [1.807, 2.05) is 39.0 Å². The van der Waals surface area contributed by atoms with Crippen molar-refractivity contribution in [3.63, 3.8) is 0 Å². The van der Waals surface area contributed by atoms with Crippen molar-refractivity contribution < 1.29 is 18.3 Å². The van der Waals surface area contributed by atoms with E-state index in [1.165, 1.54) is 16.4 Å². The smallest absolute Gasteiger partial charge is 0.410 e. The zero-order valence-electron chi connectivity index (χ0n) is 23.0. The molecule has 0 radical (unpaired) electrons. The van der Waals surface area contributed by atoms with Crippen molar-refractivity contribution >= 4 is 40.7 Å². The van der Waals surface area contributed by atoms with Crippen LogP contribution in [0.2, 0.25) is 5.04 Å². The summed E-state index contributed by atoms with van der Waals surface area (Å²) in [6.45, 7) is 12.6. The molecular formula is C31H37BrFNO3Si. The van der Waals surface area contributed by atoms with E-state index in [9.17, 15) is 9.18 Å². The van der Waals surface area contributed by atoms with E-state index < -0.39 is 20.0 Å². The molecule has 202 valence electrons. The van der Waals surface area contributed by atoms with Gasteiger partial charge in [0.05, 0.1) is 16.6 Å². The number of likely N-dealkylation sites (tertiary alicyclic amines) is 1. The molecule has 0 N–H and O–H groups in total. The van der Waals surface area contributed by atoms with E-state index in [1.54, 1.807) is 11.0 Å². The summed E-state index contributed by atoms with van der Waals surface area (Å²) in [5.41, 5.74) is 0.0777. The number of hydrogen-bond donors (Lipinski definition) is 0. The second kappa shape index (κ2) is 10.9. The average molecular weight is 599 g/mol. The van der Waals surface area contributed by atoms with Crippen molar-refractivity contribution in [1.82, 2.24) is 4.90 Å². The zero-order valence-corrected chi connectivity index (χ0v) is 25.6. The highest BCUT2D eigenvalue weighted by Gasteiger charge is 2.53. The summed E-state index contributed by atoms with van der Waals surface area (Å²) >= 11 is 3.25. The number of ether oxygens (including phenoxy) is 1. The largest absolute Gasteiger partial charge is 0.444 e. The van der Waals surface area contributed by atoms with Gasteiger partial charge in [0.25, 0.3) is 8.32 Å². The predicted molar refractivity (Wildman–Crippen MR) is 157 cm³/mol. The topological polar surface area (TPSA) is 38.8 Å².